The van der Waals surface area contributed by atoms with Crippen LogP contribution in [-0.4, -0.2) is 21.3 Å². The molecule has 4 heteroatoms. The predicted molar refractivity (Wildman–Crippen MR) is 72.7 cm³/mol. The Morgan fingerprint density at radius 3 is 2.47 bits per heavy atom. The highest BCUT2D eigenvalue weighted by Crippen LogP contribution is 2.33. The van der Waals surface area contributed by atoms with Crippen molar-refractivity contribution in [3.05, 3.63) is 58.3 Å². The van der Waals surface area contributed by atoms with Gasteiger partial charge in [-0.25, -0.2) is 0 Å². The number of rotatable bonds is 4. The third kappa shape index (κ3) is 2.65. The predicted octanol–water partition coefficient (Wildman–Crippen LogP) is 2.36. The van der Waals surface area contributed by atoms with Crippen molar-refractivity contribution in [3.8, 4) is 0 Å². The number of aliphatic hydroxyl groups is 1. The first kappa shape index (κ1) is 12.5. The van der Waals surface area contributed by atoms with Gasteiger partial charge in [-0.15, -0.1) is 11.3 Å². The quantitative estimate of drug-likeness (QED) is 0.922. The van der Waals surface area contributed by atoms with Crippen LogP contribution in [0.25, 0.3) is 0 Å². The highest BCUT2D eigenvalue weighted by Gasteiger charge is 2.33. The molecule has 1 aromatic carbocycles. The Morgan fingerprint density at radius 2 is 1.94 bits per heavy atom. The summed E-state index contributed by atoms with van der Waals surface area (Å²) < 4.78 is 11.5. The van der Waals surface area contributed by atoms with Crippen molar-refractivity contribution < 1.29 is 9.32 Å². The SMILES string of the molecule is CS(=O)CC(O)(c1ccccc1)c1cccs1. The van der Waals surface area contributed by atoms with Crippen LogP contribution in [0.1, 0.15) is 10.4 Å². The van der Waals surface area contributed by atoms with Crippen molar-refractivity contribution in [3.63, 3.8) is 0 Å². The Morgan fingerprint density at radius 1 is 1.24 bits per heavy atom. The molecule has 0 fully saturated rings. The standard InChI is InChI=1S/C13H14O2S2/c1-17(15)10-13(14,12-8-5-9-16-12)11-6-3-2-4-7-11/h2-9,14H,10H2,1H3. The van der Waals surface area contributed by atoms with Crippen LogP contribution in [-0.2, 0) is 16.4 Å². The van der Waals surface area contributed by atoms with Crippen molar-refractivity contribution >= 4 is 22.1 Å². The first-order valence-corrected chi connectivity index (χ1v) is 7.85. The fourth-order valence-electron chi connectivity index (χ4n) is 1.82. The van der Waals surface area contributed by atoms with Gasteiger partial charge < -0.3 is 5.11 Å². The molecule has 0 radical (unpaired) electrons. The summed E-state index contributed by atoms with van der Waals surface area (Å²) in [5.41, 5.74) is -0.354. The molecule has 2 aromatic rings. The second-order valence-corrected chi connectivity index (χ2v) is 6.30. The average Bonchev–Trinajstić information content (AvgIpc) is 2.83. The summed E-state index contributed by atoms with van der Waals surface area (Å²) in [5, 5.41) is 12.7. The molecule has 1 aromatic heterocycles. The summed E-state index contributed by atoms with van der Waals surface area (Å²) in [6, 6.07) is 13.2. The minimum atomic E-state index is -1.14. The van der Waals surface area contributed by atoms with Gasteiger partial charge in [-0.1, -0.05) is 36.4 Å². The lowest BCUT2D eigenvalue weighted by atomic mass is 9.94. The van der Waals surface area contributed by atoms with E-state index in [0.717, 1.165) is 10.4 Å². The van der Waals surface area contributed by atoms with Crippen molar-refractivity contribution in [1.82, 2.24) is 0 Å². The smallest absolute Gasteiger partial charge is 0.135 e. The fraction of sp³-hybridized carbons (Fsp3) is 0.231. The van der Waals surface area contributed by atoms with Crippen LogP contribution in [0.2, 0.25) is 0 Å². The lowest BCUT2D eigenvalue weighted by molar-refractivity contribution is 0.111. The molecule has 1 N–H and O–H groups in total. The molecule has 0 saturated heterocycles. The molecular weight excluding hydrogens is 252 g/mol. The van der Waals surface area contributed by atoms with Crippen LogP contribution < -0.4 is 0 Å². The van der Waals surface area contributed by atoms with Gasteiger partial charge >= 0.3 is 0 Å². The molecule has 90 valence electrons. The summed E-state index contributed by atoms with van der Waals surface area (Å²) in [5.74, 6) is 0.220. The molecule has 2 unspecified atom stereocenters. The van der Waals surface area contributed by atoms with Gasteiger partial charge in [-0.2, -0.15) is 0 Å². The van der Waals surface area contributed by atoms with Crippen molar-refractivity contribution in [2.75, 3.05) is 12.0 Å². The van der Waals surface area contributed by atoms with E-state index in [1.54, 1.807) is 6.26 Å². The van der Waals surface area contributed by atoms with E-state index in [4.69, 9.17) is 0 Å². The summed E-state index contributed by atoms with van der Waals surface area (Å²) in [4.78, 5) is 0.832. The lowest BCUT2D eigenvalue weighted by Crippen LogP contribution is -2.32. The number of hydrogen-bond acceptors (Lipinski definition) is 3. The zero-order chi connectivity index (χ0) is 12.3. The lowest BCUT2D eigenvalue weighted by Gasteiger charge is -2.26. The van der Waals surface area contributed by atoms with Crippen LogP contribution in [0.5, 0.6) is 0 Å². The van der Waals surface area contributed by atoms with Crippen LogP contribution >= 0.6 is 11.3 Å². The second-order valence-electron chi connectivity index (χ2n) is 3.92. The van der Waals surface area contributed by atoms with E-state index < -0.39 is 16.4 Å². The highest BCUT2D eigenvalue weighted by atomic mass is 32.2. The van der Waals surface area contributed by atoms with Crippen LogP contribution in [0.3, 0.4) is 0 Å². The zero-order valence-corrected chi connectivity index (χ0v) is 11.1. The summed E-state index contributed by atoms with van der Waals surface area (Å²) >= 11 is 1.48. The molecule has 2 rings (SSSR count). The van der Waals surface area contributed by atoms with E-state index in [-0.39, 0.29) is 5.75 Å². The fourth-order valence-corrected chi connectivity index (χ4v) is 3.67. The molecule has 17 heavy (non-hydrogen) atoms. The third-order valence-electron chi connectivity index (χ3n) is 2.59. The highest BCUT2D eigenvalue weighted by molar-refractivity contribution is 7.84. The molecule has 0 bridgehead atoms. The van der Waals surface area contributed by atoms with Gasteiger partial charge in [0.05, 0.1) is 5.75 Å². The molecule has 2 nitrogen and oxygen atoms in total. The van der Waals surface area contributed by atoms with E-state index >= 15 is 0 Å². The second kappa shape index (κ2) is 5.12. The molecule has 1 heterocycles. The zero-order valence-electron chi connectivity index (χ0n) is 9.50. The summed E-state index contributed by atoms with van der Waals surface area (Å²) in [6.07, 6.45) is 1.61. The summed E-state index contributed by atoms with van der Waals surface area (Å²) in [7, 11) is -1.06. The molecule has 0 spiro atoms. The maximum atomic E-state index is 11.5. The Labute approximate surface area is 107 Å². The monoisotopic (exact) mass is 266 g/mol. The van der Waals surface area contributed by atoms with E-state index in [1.165, 1.54) is 11.3 Å². The summed E-state index contributed by atoms with van der Waals surface area (Å²) in [6.45, 7) is 0. The number of benzene rings is 1. The van der Waals surface area contributed by atoms with E-state index in [9.17, 15) is 9.32 Å². The van der Waals surface area contributed by atoms with Crippen LogP contribution in [0.15, 0.2) is 47.8 Å². The molecule has 0 aliphatic heterocycles. The van der Waals surface area contributed by atoms with Crippen LogP contribution in [0.4, 0.5) is 0 Å². The minimum absolute atomic E-state index is 0.220. The van der Waals surface area contributed by atoms with E-state index in [0.29, 0.717) is 0 Å². The van der Waals surface area contributed by atoms with E-state index in [1.807, 2.05) is 47.8 Å². The van der Waals surface area contributed by atoms with Crippen molar-refractivity contribution in [2.45, 2.75) is 5.60 Å². The van der Waals surface area contributed by atoms with E-state index in [2.05, 4.69) is 0 Å². The Balaban J connectivity index is 2.48. The van der Waals surface area contributed by atoms with Gasteiger partial charge in [0.1, 0.15) is 5.60 Å². The molecule has 0 aliphatic carbocycles. The average molecular weight is 266 g/mol. The molecule has 0 aliphatic rings. The number of thiophene rings is 1. The Kier molecular flexibility index (Phi) is 3.76. The number of hydrogen-bond donors (Lipinski definition) is 1. The largest absolute Gasteiger partial charge is 0.379 e. The molecule has 2 atom stereocenters. The van der Waals surface area contributed by atoms with Gasteiger partial charge in [0.15, 0.2) is 0 Å². The first-order valence-electron chi connectivity index (χ1n) is 5.25. The topological polar surface area (TPSA) is 37.3 Å². The van der Waals surface area contributed by atoms with Gasteiger partial charge in [-0.3, -0.25) is 4.21 Å². The Hall–Kier alpha value is -0.970. The maximum Gasteiger partial charge on any atom is 0.135 e. The first-order chi connectivity index (χ1) is 8.13. The molecular formula is C13H14O2S2. The normalized spacial score (nSPS) is 16.4. The van der Waals surface area contributed by atoms with Crippen molar-refractivity contribution in [2.24, 2.45) is 0 Å². The third-order valence-corrected chi connectivity index (χ3v) is 4.44. The van der Waals surface area contributed by atoms with Crippen molar-refractivity contribution in [1.29, 1.82) is 0 Å². The maximum absolute atomic E-state index is 11.5. The molecule has 0 saturated carbocycles. The minimum Gasteiger partial charge on any atom is -0.379 e. The van der Waals surface area contributed by atoms with Crippen LogP contribution in [0, 0.1) is 0 Å². The van der Waals surface area contributed by atoms with Gasteiger partial charge in [0.2, 0.25) is 0 Å². The Bertz CT molecular complexity index is 493. The molecule has 0 amide bonds. The van der Waals surface area contributed by atoms with Gasteiger partial charge in [0, 0.05) is 21.9 Å². The van der Waals surface area contributed by atoms with Gasteiger partial charge in [0.25, 0.3) is 0 Å². The van der Waals surface area contributed by atoms with Gasteiger partial charge in [-0.05, 0) is 17.0 Å².